The molecule has 18 heavy (non-hydrogen) atoms. The van der Waals surface area contributed by atoms with Crippen LogP contribution in [0.3, 0.4) is 0 Å². The van der Waals surface area contributed by atoms with Gasteiger partial charge in [0.05, 0.1) is 0 Å². The van der Waals surface area contributed by atoms with Crippen LogP contribution >= 0.6 is 12.2 Å². The van der Waals surface area contributed by atoms with Gasteiger partial charge in [-0.05, 0) is 56.4 Å². The van der Waals surface area contributed by atoms with Gasteiger partial charge in [-0.25, -0.2) is 0 Å². The van der Waals surface area contributed by atoms with Gasteiger partial charge in [-0.3, -0.25) is 4.79 Å². The largest absolute Gasteiger partial charge is 0.369 e. The third-order valence-corrected chi connectivity index (χ3v) is 3.43. The third-order valence-electron chi connectivity index (χ3n) is 3.13. The minimum atomic E-state index is -0.220. The van der Waals surface area contributed by atoms with Crippen molar-refractivity contribution in [2.75, 3.05) is 5.32 Å². The molecular formula is C14H18N2OS. The van der Waals surface area contributed by atoms with Crippen LogP contribution in [0.15, 0.2) is 18.2 Å². The predicted octanol–water partition coefficient (Wildman–Crippen LogP) is 2.71. The summed E-state index contributed by atoms with van der Waals surface area (Å²) in [5.74, 6) is -0.220. The Morgan fingerprint density at radius 2 is 1.83 bits per heavy atom. The van der Waals surface area contributed by atoms with Crippen LogP contribution in [0, 0.1) is 13.8 Å². The van der Waals surface area contributed by atoms with Crippen LogP contribution in [-0.4, -0.2) is 16.9 Å². The van der Waals surface area contributed by atoms with E-state index in [2.05, 4.69) is 16.7 Å². The molecule has 0 radical (unpaired) electrons. The molecule has 2 rings (SSSR count). The predicted molar refractivity (Wildman–Crippen MR) is 77.9 cm³/mol. The molecule has 1 amide bonds. The first-order valence-corrected chi connectivity index (χ1v) is 6.65. The van der Waals surface area contributed by atoms with Gasteiger partial charge in [-0.1, -0.05) is 18.3 Å². The van der Waals surface area contributed by atoms with Crippen LogP contribution in [0.1, 0.15) is 30.4 Å². The number of hydrogen-bond donors (Lipinski definition) is 2. The fourth-order valence-electron chi connectivity index (χ4n) is 2.04. The normalized spacial score (nSPS) is 14.8. The van der Waals surface area contributed by atoms with E-state index in [-0.39, 0.29) is 5.91 Å². The minimum Gasteiger partial charge on any atom is -0.369 e. The summed E-state index contributed by atoms with van der Waals surface area (Å²) in [5.41, 5.74) is 3.06. The zero-order chi connectivity index (χ0) is 13.1. The van der Waals surface area contributed by atoms with Gasteiger partial charge >= 0.3 is 0 Å². The van der Waals surface area contributed by atoms with Crippen molar-refractivity contribution in [3.05, 3.63) is 29.3 Å². The van der Waals surface area contributed by atoms with E-state index >= 15 is 0 Å². The number of anilines is 1. The maximum atomic E-state index is 11.9. The van der Waals surface area contributed by atoms with Crippen LogP contribution in [0.25, 0.3) is 0 Å². The molecule has 0 unspecified atom stereocenters. The van der Waals surface area contributed by atoms with Crippen molar-refractivity contribution in [3.63, 3.8) is 0 Å². The van der Waals surface area contributed by atoms with E-state index in [0.29, 0.717) is 11.0 Å². The molecule has 0 atom stereocenters. The number of nitrogens with one attached hydrogen (secondary N) is 2. The Hall–Kier alpha value is -1.42. The smallest absolute Gasteiger partial charge is 0.283 e. The third kappa shape index (κ3) is 3.29. The Bertz CT molecular complexity index is 460. The van der Waals surface area contributed by atoms with E-state index in [9.17, 15) is 4.79 Å². The summed E-state index contributed by atoms with van der Waals surface area (Å²) < 4.78 is 0. The maximum Gasteiger partial charge on any atom is 0.283 e. The van der Waals surface area contributed by atoms with E-state index in [1.54, 1.807) is 0 Å². The molecule has 1 aromatic rings. The fraction of sp³-hybridized carbons (Fsp3) is 0.429. The van der Waals surface area contributed by atoms with Gasteiger partial charge in [0.1, 0.15) is 0 Å². The molecule has 1 fully saturated rings. The number of thiocarbonyl (C=S) groups is 1. The van der Waals surface area contributed by atoms with Crippen LogP contribution in [0.5, 0.6) is 0 Å². The van der Waals surface area contributed by atoms with Crippen molar-refractivity contribution >= 4 is 28.8 Å². The summed E-state index contributed by atoms with van der Waals surface area (Å²) in [5, 5.41) is 5.92. The molecule has 1 aliphatic carbocycles. The lowest BCUT2D eigenvalue weighted by atomic mass is 9.93. The molecule has 96 valence electrons. The molecule has 0 saturated heterocycles. The van der Waals surface area contributed by atoms with Crippen molar-refractivity contribution in [2.45, 2.75) is 39.2 Å². The Kier molecular flexibility index (Phi) is 3.97. The van der Waals surface area contributed by atoms with Crippen LogP contribution in [0.2, 0.25) is 0 Å². The molecule has 0 aromatic heterocycles. The molecule has 1 saturated carbocycles. The van der Waals surface area contributed by atoms with Crippen molar-refractivity contribution in [3.8, 4) is 0 Å². The highest BCUT2D eigenvalue weighted by Gasteiger charge is 2.20. The molecule has 2 N–H and O–H groups in total. The van der Waals surface area contributed by atoms with Gasteiger partial charge < -0.3 is 10.6 Å². The summed E-state index contributed by atoms with van der Waals surface area (Å²) in [7, 11) is 0. The lowest BCUT2D eigenvalue weighted by Gasteiger charge is -2.27. The second-order valence-electron chi connectivity index (χ2n) is 4.93. The summed E-state index contributed by atoms with van der Waals surface area (Å²) >= 11 is 5.09. The second-order valence-corrected chi connectivity index (χ2v) is 5.34. The first-order valence-electron chi connectivity index (χ1n) is 6.25. The molecular weight excluding hydrogens is 244 g/mol. The Morgan fingerprint density at radius 3 is 2.33 bits per heavy atom. The Balaban J connectivity index is 1.95. The number of amides is 1. The molecule has 0 aliphatic heterocycles. The van der Waals surface area contributed by atoms with E-state index in [1.807, 2.05) is 26.0 Å². The molecule has 1 aliphatic rings. The van der Waals surface area contributed by atoms with Crippen LogP contribution in [0.4, 0.5) is 5.69 Å². The van der Waals surface area contributed by atoms with Crippen LogP contribution < -0.4 is 10.6 Å². The Labute approximate surface area is 113 Å². The topological polar surface area (TPSA) is 41.1 Å². The number of benzene rings is 1. The van der Waals surface area contributed by atoms with Crippen molar-refractivity contribution < 1.29 is 4.79 Å². The monoisotopic (exact) mass is 262 g/mol. The summed E-state index contributed by atoms with van der Waals surface area (Å²) in [6.07, 6.45) is 3.44. The quantitative estimate of drug-likeness (QED) is 0.805. The van der Waals surface area contributed by atoms with E-state index in [1.165, 1.54) is 6.42 Å². The maximum absolute atomic E-state index is 11.9. The fourth-order valence-corrected chi connectivity index (χ4v) is 2.26. The van der Waals surface area contributed by atoms with Gasteiger partial charge in [-0.15, -0.1) is 0 Å². The highest BCUT2D eigenvalue weighted by Crippen LogP contribution is 2.18. The summed E-state index contributed by atoms with van der Waals surface area (Å²) in [6.45, 7) is 4.02. The molecule has 4 heteroatoms. The molecule has 1 aromatic carbocycles. The molecule has 0 heterocycles. The van der Waals surface area contributed by atoms with E-state index in [4.69, 9.17) is 12.2 Å². The molecule has 0 bridgehead atoms. The number of carbonyl (C=O) groups is 1. The van der Waals surface area contributed by atoms with Gasteiger partial charge in [0, 0.05) is 11.7 Å². The first-order chi connectivity index (χ1) is 8.54. The minimum absolute atomic E-state index is 0.220. The van der Waals surface area contributed by atoms with Crippen LogP contribution in [-0.2, 0) is 4.79 Å². The average Bonchev–Trinajstić information content (AvgIpc) is 2.21. The lowest BCUT2D eigenvalue weighted by molar-refractivity contribution is -0.110. The molecule has 0 spiro atoms. The zero-order valence-electron chi connectivity index (χ0n) is 10.7. The highest BCUT2D eigenvalue weighted by atomic mass is 32.1. The standard InChI is InChI=1S/C14H18N2OS/c1-9-6-10(2)8-12(7-9)15-13(17)14(18)16-11-4-3-5-11/h6-8,11H,3-5H2,1-2H3,(H,15,17)(H,16,18). The number of carbonyl (C=O) groups excluding carboxylic acids is 1. The summed E-state index contributed by atoms with van der Waals surface area (Å²) in [4.78, 5) is 12.2. The number of hydrogen-bond acceptors (Lipinski definition) is 2. The van der Waals surface area contributed by atoms with Gasteiger partial charge in [0.25, 0.3) is 5.91 Å². The lowest BCUT2D eigenvalue weighted by Crippen LogP contribution is -2.43. The van der Waals surface area contributed by atoms with E-state index in [0.717, 1.165) is 29.7 Å². The highest BCUT2D eigenvalue weighted by molar-refractivity contribution is 7.82. The van der Waals surface area contributed by atoms with Crippen molar-refractivity contribution in [2.24, 2.45) is 0 Å². The van der Waals surface area contributed by atoms with Gasteiger partial charge in [0.15, 0.2) is 4.99 Å². The average molecular weight is 262 g/mol. The van der Waals surface area contributed by atoms with Crippen molar-refractivity contribution in [1.29, 1.82) is 0 Å². The molecule has 3 nitrogen and oxygen atoms in total. The number of rotatable bonds is 2. The van der Waals surface area contributed by atoms with E-state index < -0.39 is 0 Å². The number of aryl methyl sites for hydroxylation is 2. The summed E-state index contributed by atoms with van der Waals surface area (Å²) in [6, 6.07) is 6.34. The first kappa shape index (κ1) is 13.0. The SMILES string of the molecule is Cc1cc(C)cc(NC(=O)C(=S)NC2CCC2)c1. The zero-order valence-corrected chi connectivity index (χ0v) is 11.6. The van der Waals surface area contributed by atoms with Crippen molar-refractivity contribution in [1.82, 2.24) is 5.32 Å². The Morgan fingerprint density at radius 1 is 1.22 bits per heavy atom. The van der Waals surface area contributed by atoms with Gasteiger partial charge in [-0.2, -0.15) is 0 Å². The second kappa shape index (κ2) is 5.48. The van der Waals surface area contributed by atoms with Gasteiger partial charge in [0.2, 0.25) is 0 Å².